The highest BCUT2D eigenvalue weighted by Crippen LogP contribution is 2.29. The lowest BCUT2D eigenvalue weighted by atomic mass is 9.92. The van der Waals surface area contributed by atoms with Crippen molar-refractivity contribution in [3.63, 3.8) is 0 Å². The molecule has 4 nitrogen and oxygen atoms in total. The maximum Gasteiger partial charge on any atom is 0.247 e. The molecule has 0 spiro atoms. The van der Waals surface area contributed by atoms with Crippen LogP contribution in [0.1, 0.15) is 32.4 Å². The number of rotatable bonds is 1. The minimum atomic E-state index is -0.603. The molecule has 0 bridgehead atoms. The molecule has 1 atom stereocenters. The lowest BCUT2D eigenvalue weighted by Crippen LogP contribution is -2.54. The molecule has 0 saturated carbocycles. The van der Waals surface area contributed by atoms with E-state index < -0.39 is 11.5 Å². The molecule has 5 heteroatoms. The molecule has 1 aromatic rings. The van der Waals surface area contributed by atoms with Crippen molar-refractivity contribution in [3.8, 4) is 0 Å². The molecule has 1 heterocycles. The molecule has 0 aromatic heterocycles. The van der Waals surface area contributed by atoms with E-state index in [1.807, 2.05) is 26.8 Å². The topological polar surface area (TPSA) is 49.4 Å². The summed E-state index contributed by atoms with van der Waals surface area (Å²) in [5.74, 6) is -0.187. The molecule has 2 rings (SSSR count). The van der Waals surface area contributed by atoms with Crippen molar-refractivity contribution in [3.05, 3.63) is 34.9 Å². The minimum absolute atomic E-state index is 0.0303. The Morgan fingerprint density at radius 2 is 2.10 bits per heavy atom. The van der Waals surface area contributed by atoms with Crippen LogP contribution in [0.3, 0.4) is 0 Å². The standard InChI is InChI=1S/C15H19ClN2O2/c1-15(2,3)14(20)18-8-7-17-13(19)12(18)10-5-4-6-11(16)9-10/h4-6,9,12H,7-8H2,1-3H3,(H,17,19). The number of carbonyl (C=O) groups is 2. The average Bonchev–Trinajstić information content (AvgIpc) is 2.36. The van der Waals surface area contributed by atoms with E-state index in [0.717, 1.165) is 5.56 Å². The number of carbonyl (C=O) groups excluding carboxylic acids is 2. The fourth-order valence-electron chi connectivity index (χ4n) is 2.32. The summed E-state index contributed by atoms with van der Waals surface area (Å²) in [6.07, 6.45) is 0. The Morgan fingerprint density at radius 3 is 2.70 bits per heavy atom. The third kappa shape index (κ3) is 2.96. The van der Waals surface area contributed by atoms with E-state index in [1.54, 1.807) is 23.1 Å². The normalized spacial score (nSPS) is 19.7. The van der Waals surface area contributed by atoms with Gasteiger partial charge in [-0.05, 0) is 17.7 Å². The first-order valence-corrected chi connectivity index (χ1v) is 7.03. The Labute approximate surface area is 124 Å². The predicted molar refractivity (Wildman–Crippen MR) is 78.4 cm³/mol. The highest BCUT2D eigenvalue weighted by atomic mass is 35.5. The van der Waals surface area contributed by atoms with Crippen LogP contribution < -0.4 is 5.32 Å². The lowest BCUT2D eigenvalue weighted by molar-refractivity contribution is -0.149. The van der Waals surface area contributed by atoms with E-state index in [0.29, 0.717) is 18.1 Å². The van der Waals surface area contributed by atoms with Crippen molar-refractivity contribution in [2.75, 3.05) is 13.1 Å². The number of nitrogens with one attached hydrogen (secondary N) is 1. The molecule has 1 unspecified atom stereocenters. The molecular weight excluding hydrogens is 276 g/mol. The first-order valence-electron chi connectivity index (χ1n) is 6.65. The van der Waals surface area contributed by atoms with Crippen LogP contribution in [-0.2, 0) is 9.59 Å². The van der Waals surface area contributed by atoms with E-state index in [2.05, 4.69) is 5.32 Å². The molecule has 0 aliphatic carbocycles. The summed E-state index contributed by atoms with van der Waals surface area (Å²) >= 11 is 5.99. The fraction of sp³-hybridized carbons (Fsp3) is 0.467. The van der Waals surface area contributed by atoms with Gasteiger partial charge in [0, 0.05) is 23.5 Å². The van der Waals surface area contributed by atoms with Crippen molar-refractivity contribution < 1.29 is 9.59 Å². The van der Waals surface area contributed by atoms with Crippen LogP contribution in [-0.4, -0.2) is 29.8 Å². The molecule has 2 amide bonds. The molecule has 0 radical (unpaired) electrons. The molecule has 1 saturated heterocycles. The van der Waals surface area contributed by atoms with Gasteiger partial charge < -0.3 is 10.2 Å². The van der Waals surface area contributed by atoms with Gasteiger partial charge >= 0.3 is 0 Å². The van der Waals surface area contributed by atoms with Crippen LogP contribution in [0.25, 0.3) is 0 Å². The van der Waals surface area contributed by atoms with E-state index in [9.17, 15) is 9.59 Å². The number of hydrogen-bond donors (Lipinski definition) is 1. The summed E-state index contributed by atoms with van der Waals surface area (Å²) in [6.45, 7) is 6.57. The minimum Gasteiger partial charge on any atom is -0.352 e. The van der Waals surface area contributed by atoms with E-state index in [1.165, 1.54) is 0 Å². The van der Waals surface area contributed by atoms with Crippen molar-refractivity contribution in [2.24, 2.45) is 5.41 Å². The average molecular weight is 295 g/mol. The van der Waals surface area contributed by atoms with Gasteiger partial charge in [-0.3, -0.25) is 9.59 Å². The smallest absolute Gasteiger partial charge is 0.247 e. The van der Waals surface area contributed by atoms with Gasteiger partial charge in [0.05, 0.1) is 0 Å². The molecule has 20 heavy (non-hydrogen) atoms. The summed E-state index contributed by atoms with van der Waals surface area (Å²) in [4.78, 5) is 26.4. The van der Waals surface area contributed by atoms with Crippen LogP contribution in [0.2, 0.25) is 5.02 Å². The molecule has 1 aromatic carbocycles. The van der Waals surface area contributed by atoms with Gasteiger partial charge in [0.15, 0.2) is 0 Å². The Kier molecular flexibility index (Phi) is 4.04. The van der Waals surface area contributed by atoms with Crippen molar-refractivity contribution in [1.82, 2.24) is 10.2 Å². The first kappa shape index (κ1) is 14.9. The van der Waals surface area contributed by atoms with E-state index in [-0.39, 0.29) is 11.8 Å². The number of amides is 2. The largest absolute Gasteiger partial charge is 0.352 e. The number of halogens is 1. The predicted octanol–water partition coefficient (Wildman–Crippen LogP) is 2.39. The second kappa shape index (κ2) is 5.44. The van der Waals surface area contributed by atoms with E-state index in [4.69, 9.17) is 11.6 Å². The number of benzene rings is 1. The Hall–Kier alpha value is -1.55. The summed E-state index contributed by atoms with van der Waals surface area (Å²) in [5, 5.41) is 3.37. The summed E-state index contributed by atoms with van der Waals surface area (Å²) < 4.78 is 0. The first-order chi connectivity index (χ1) is 9.30. The zero-order valence-corrected chi connectivity index (χ0v) is 12.7. The molecular formula is C15H19ClN2O2. The van der Waals surface area contributed by atoms with Crippen molar-refractivity contribution >= 4 is 23.4 Å². The fourth-order valence-corrected chi connectivity index (χ4v) is 2.52. The maximum atomic E-state index is 12.5. The zero-order chi connectivity index (χ0) is 14.9. The second-order valence-electron chi connectivity index (χ2n) is 6.00. The van der Waals surface area contributed by atoms with Crippen molar-refractivity contribution in [1.29, 1.82) is 0 Å². The third-order valence-corrected chi connectivity index (χ3v) is 3.51. The number of hydrogen-bond acceptors (Lipinski definition) is 2. The summed E-state index contributed by atoms with van der Waals surface area (Å²) in [7, 11) is 0. The van der Waals surface area contributed by atoms with Gasteiger partial charge in [0.25, 0.3) is 0 Å². The molecule has 108 valence electrons. The van der Waals surface area contributed by atoms with Gasteiger partial charge in [0.1, 0.15) is 6.04 Å². The van der Waals surface area contributed by atoms with Gasteiger partial charge in [-0.1, -0.05) is 44.5 Å². The molecule has 1 N–H and O–H groups in total. The van der Waals surface area contributed by atoms with Gasteiger partial charge in [-0.2, -0.15) is 0 Å². The van der Waals surface area contributed by atoms with Crippen LogP contribution in [0.5, 0.6) is 0 Å². The SMILES string of the molecule is CC(C)(C)C(=O)N1CCNC(=O)C1c1cccc(Cl)c1. The number of piperazine rings is 1. The monoisotopic (exact) mass is 294 g/mol. The Balaban J connectivity index is 2.39. The number of nitrogens with zero attached hydrogens (tertiary/aromatic N) is 1. The molecule has 1 aliphatic heterocycles. The Bertz CT molecular complexity index is 537. The third-order valence-electron chi connectivity index (χ3n) is 3.28. The van der Waals surface area contributed by atoms with Gasteiger partial charge in [0.2, 0.25) is 11.8 Å². The Morgan fingerprint density at radius 1 is 1.40 bits per heavy atom. The summed E-state index contributed by atoms with van der Waals surface area (Å²) in [5.41, 5.74) is 0.223. The molecule has 1 fully saturated rings. The van der Waals surface area contributed by atoms with Gasteiger partial charge in [-0.15, -0.1) is 0 Å². The lowest BCUT2D eigenvalue weighted by Gasteiger charge is -2.38. The van der Waals surface area contributed by atoms with Gasteiger partial charge in [-0.25, -0.2) is 0 Å². The maximum absolute atomic E-state index is 12.5. The molecule has 1 aliphatic rings. The second-order valence-corrected chi connectivity index (χ2v) is 6.43. The summed E-state index contributed by atoms with van der Waals surface area (Å²) in [6, 6.07) is 6.50. The van der Waals surface area contributed by atoms with Crippen LogP contribution in [0.15, 0.2) is 24.3 Å². The van der Waals surface area contributed by atoms with Crippen LogP contribution in [0.4, 0.5) is 0 Å². The van der Waals surface area contributed by atoms with Crippen LogP contribution in [0, 0.1) is 5.41 Å². The van der Waals surface area contributed by atoms with Crippen molar-refractivity contribution in [2.45, 2.75) is 26.8 Å². The zero-order valence-electron chi connectivity index (χ0n) is 11.9. The van der Waals surface area contributed by atoms with E-state index >= 15 is 0 Å². The highest BCUT2D eigenvalue weighted by molar-refractivity contribution is 6.30. The quantitative estimate of drug-likeness (QED) is 0.864. The highest BCUT2D eigenvalue weighted by Gasteiger charge is 2.38. The van der Waals surface area contributed by atoms with Crippen LogP contribution >= 0.6 is 11.6 Å².